The second kappa shape index (κ2) is 14.9. The van der Waals surface area contributed by atoms with Gasteiger partial charge in [0.1, 0.15) is 11.5 Å². The maximum atomic E-state index is 13.0. The van der Waals surface area contributed by atoms with E-state index in [1.807, 2.05) is 0 Å². The molecule has 0 bridgehead atoms. The van der Waals surface area contributed by atoms with Crippen LogP contribution in [0.5, 0.6) is 11.5 Å². The van der Waals surface area contributed by atoms with E-state index in [-0.39, 0.29) is 29.3 Å². The quantitative estimate of drug-likeness (QED) is 0.0856. The van der Waals surface area contributed by atoms with Gasteiger partial charge in [-0.15, -0.1) is 0 Å². The van der Waals surface area contributed by atoms with Gasteiger partial charge in [0.15, 0.2) is 18.2 Å². The van der Waals surface area contributed by atoms with E-state index in [0.717, 1.165) is 0 Å². The van der Waals surface area contributed by atoms with Crippen LogP contribution in [0.1, 0.15) is 57.4 Å². The van der Waals surface area contributed by atoms with Gasteiger partial charge >= 0.3 is 17.9 Å². The fraction of sp³-hybridized carbons (Fsp3) is 0.0541. The summed E-state index contributed by atoms with van der Waals surface area (Å²) in [5.74, 6) is -1.61. The van der Waals surface area contributed by atoms with Gasteiger partial charge < -0.3 is 18.9 Å². The van der Waals surface area contributed by atoms with Crippen LogP contribution in [0.4, 0.5) is 0 Å². The molecule has 5 aromatic rings. The van der Waals surface area contributed by atoms with Gasteiger partial charge in [0, 0.05) is 16.7 Å². The molecule has 5 rings (SSSR count). The topological polar surface area (TPSA) is 122 Å². The Labute approximate surface area is 263 Å². The first-order chi connectivity index (χ1) is 22.4. The highest BCUT2D eigenvalue weighted by Gasteiger charge is 2.15. The van der Waals surface area contributed by atoms with Crippen molar-refractivity contribution < 1.29 is 42.9 Å². The number of benzene rings is 5. The Balaban J connectivity index is 1.09. The van der Waals surface area contributed by atoms with E-state index in [4.69, 9.17) is 18.9 Å². The SMILES string of the molecule is O=C(COC(=O)c1ccc(C(=O)c2ccc(Oc3ccc(C(=O)OCOC(=O)c4ccccc4)cc3)cc2)cc1)c1ccccc1. The molecule has 0 saturated carbocycles. The highest BCUT2D eigenvalue weighted by Crippen LogP contribution is 2.23. The molecule has 0 heterocycles. The lowest BCUT2D eigenvalue weighted by molar-refractivity contribution is -0.0167. The van der Waals surface area contributed by atoms with E-state index < -0.39 is 24.7 Å². The van der Waals surface area contributed by atoms with Gasteiger partial charge in [-0.25, -0.2) is 14.4 Å². The molecular formula is C37H26O9. The van der Waals surface area contributed by atoms with Gasteiger partial charge in [-0.2, -0.15) is 0 Å². The molecule has 0 spiro atoms. The molecule has 0 fully saturated rings. The van der Waals surface area contributed by atoms with Crippen molar-refractivity contribution in [2.75, 3.05) is 13.4 Å². The number of carbonyl (C=O) groups is 5. The average molecular weight is 615 g/mol. The first-order valence-corrected chi connectivity index (χ1v) is 14.0. The summed E-state index contributed by atoms with van der Waals surface area (Å²) in [6.07, 6.45) is 0. The Morgan fingerprint density at radius 1 is 0.391 bits per heavy atom. The molecule has 46 heavy (non-hydrogen) atoms. The smallest absolute Gasteiger partial charge is 0.341 e. The molecule has 0 aliphatic carbocycles. The first kappa shape index (κ1) is 31.1. The van der Waals surface area contributed by atoms with Crippen LogP contribution in [-0.4, -0.2) is 42.9 Å². The number of rotatable bonds is 12. The summed E-state index contributed by atoms with van der Waals surface area (Å²) >= 11 is 0. The summed E-state index contributed by atoms with van der Waals surface area (Å²) in [5.41, 5.74) is 2.02. The van der Waals surface area contributed by atoms with E-state index in [1.165, 1.54) is 36.4 Å². The first-order valence-electron chi connectivity index (χ1n) is 14.0. The summed E-state index contributed by atoms with van der Waals surface area (Å²) in [6.45, 7) is -0.910. The number of hydrogen-bond acceptors (Lipinski definition) is 9. The minimum absolute atomic E-state index is 0.215. The van der Waals surface area contributed by atoms with Gasteiger partial charge in [-0.05, 0) is 72.8 Å². The Hall–Kier alpha value is -6.35. The molecule has 0 N–H and O–H groups in total. The summed E-state index contributed by atoms with van der Waals surface area (Å²) in [4.78, 5) is 61.7. The van der Waals surface area contributed by atoms with Crippen LogP contribution in [0.15, 0.2) is 133 Å². The number of carbonyl (C=O) groups excluding carboxylic acids is 5. The predicted octanol–water partition coefficient (Wildman–Crippen LogP) is 6.72. The molecule has 9 heteroatoms. The average Bonchev–Trinajstić information content (AvgIpc) is 3.11. The van der Waals surface area contributed by atoms with Crippen LogP contribution in [0.2, 0.25) is 0 Å². The van der Waals surface area contributed by atoms with Crippen molar-refractivity contribution >= 4 is 29.5 Å². The second-order valence-corrected chi connectivity index (χ2v) is 9.77. The summed E-state index contributed by atoms with van der Waals surface area (Å²) in [7, 11) is 0. The lowest BCUT2D eigenvalue weighted by Crippen LogP contribution is -2.14. The Kier molecular flexibility index (Phi) is 10.1. The van der Waals surface area contributed by atoms with Gasteiger partial charge in [-0.1, -0.05) is 60.7 Å². The minimum Gasteiger partial charge on any atom is -0.457 e. The molecule has 9 nitrogen and oxygen atoms in total. The Morgan fingerprint density at radius 3 is 1.26 bits per heavy atom. The fourth-order valence-corrected chi connectivity index (χ4v) is 4.19. The Morgan fingerprint density at radius 2 is 0.761 bits per heavy atom. The highest BCUT2D eigenvalue weighted by molar-refractivity contribution is 6.09. The van der Waals surface area contributed by atoms with Crippen molar-refractivity contribution in [3.8, 4) is 11.5 Å². The molecule has 5 aromatic carbocycles. The standard InChI is InChI=1S/C37H26O9/c38-33(25-7-3-1-4-8-25)23-43-35(40)29-13-11-26(12-14-29)34(39)27-15-19-31(20-16-27)46-32-21-17-30(18-22-32)37(42)45-24-44-36(41)28-9-5-2-6-10-28/h1-22H,23-24H2. The third-order valence-corrected chi connectivity index (χ3v) is 6.64. The normalized spacial score (nSPS) is 10.3. The second-order valence-electron chi connectivity index (χ2n) is 9.77. The van der Waals surface area contributed by atoms with Gasteiger partial charge in [-0.3, -0.25) is 9.59 Å². The van der Waals surface area contributed by atoms with E-state index in [0.29, 0.717) is 33.8 Å². The van der Waals surface area contributed by atoms with Crippen molar-refractivity contribution in [1.82, 2.24) is 0 Å². The van der Waals surface area contributed by atoms with Crippen LogP contribution in [0.25, 0.3) is 0 Å². The van der Waals surface area contributed by atoms with Crippen LogP contribution in [0, 0.1) is 0 Å². The lowest BCUT2D eigenvalue weighted by Gasteiger charge is -2.09. The monoisotopic (exact) mass is 614 g/mol. The fourth-order valence-electron chi connectivity index (χ4n) is 4.19. The zero-order valence-electron chi connectivity index (χ0n) is 24.3. The third-order valence-electron chi connectivity index (χ3n) is 6.64. The predicted molar refractivity (Wildman–Crippen MR) is 166 cm³/mol. The summed E-state index contributed by atoms with van der Waals surface area (Å²) in [6, 6.07) is 35.5. The molecule has 0 atom stereocenters. The zero-order valence-corrected chi connectivity index (χ0v) is 24.3. The maximum Gasteiger partial charge on any atom is 0.341 e. The van der Waals surface area contributed by atoms with Crippen molar-refractivity contribution in [3.63, 3.8) is 0 Å². The molecular weight excluding hydrogens is 588 g/mol. The number of esters is 3. The summed E-state index contributed by atoms with van der Waals surface area (Å²) < 4.78 is 20.9. The van der Waals surface area contributed by atoms with E-state index in [1.54, 1.807) is 97.1 Å². The van der Waals surface area contributed by atoms with Gasteiger partial charge in [0.05, 0.1) is 16.7 Å². The molecule has 0 saturated heterocycles. The van der Waals surface area contributed by atoms with Crippen molar-refractivity contribution in [3.05, 3.63) is 167 Å². The van der Waals surface area contributed by atoms with Crippen LogP contribution < -0.4 is 4.74 Å². The largest absolute Gasteiger partial charge is 0.457 e. The number of ether oxygens (including phenoxy) is 4. The van der Waals surface area contributed by atoms with Crippen LogP contribution >= 0.6 is 0 Å². The molecule has 0 radical (unpaired) electrons. The number of ketones is 2. The van der Waals surface area contributed by atoms with E-state index in [9.17, 15) is 24.0 Å². The van der Waals surface area contributed by atoms with Crippen LogP contribution in [-0.2, 0) is 14.2 Å². The highest BCUT2D eigenvalue weighted by atomic mass is 16.7. The number of hydrogen-bond donors (Lipinski definition) is 0. The van der Waals surface area contributed by atoms with Crippen molar-refractivity contribution in [2.45, 2.75) is 0 Å². The molecule has 0 aliphatic rings. The van der Waals surface area contributed by atoms with Gasteiger partial charge in [0.25, 0.3) is 0 Å². The molecule has 0 amide bonds. The summed E-state index contributed by atoms with van der Waals surface area (Å²) in [5, 5.41) is 0. The molecule has 0 aliphatic heterocycles. The van der Waals surface area contributed by atoms with E-state index in [2.05, 4.69) is 0 Å². The third kappa shape index (κ3) is 8.18. The van der Waals surface area contributed by atoms with Gasteiger partial charge in [0.2, 0.25) is 6.79 Å². The molecule has 228 valence electrons. The Bertz CT molecular complexity index is 1830. The van der Waals surface area contributed by atoms with Crippen LogP contribution in [0.3, 0.4) is 0 Å². The van der Waals surface area contributed by atoms with Crippen molar-refractivity contribution in [1.29, 1.82) is 0 Å². The van der Waals surface area contributed by atoms with Crippen molar-refractivity contribution in [2.24, 2.45) is 0 Å². The number of Topliss-reactive ketones (excluding diaryl/α,β-unsaturated/α-hetero) is 1. The molecule has 0 unspecified atom stereocenters. The maximum absolute atomic E-state index is 13.0. The zero-order chi connectivity index (χ0) is 32.3. The minimum atomic E-state index is -0.668. The molecule has 0 aromatic heterocycles. The lowest BCUT2D eigenvalue weighted by atomic mass is 10.0. The van der Waals surface area contributed by atoms with E-state index >= 15 is 0 Å².